The van der Waals surface area contributed by atoms with E-state index in [1.54, 1.807) is 12.3 Å². The number of carboxylic acids is 1. The fourth-order valence-corrected chi connectivity index (χ4v) is 4.08. The summed E-state index contributed by atoms with van der Waals surface area (Å²) in [5, 5.41) is 12.1. The average Bonchev–Trinajstić information content (AvgIpc) is 3.12. The first-order chi connectivity index (χ1) is 15.5. The molecule has 7 heteroatoms. The molecule has 32 heavy (non-hydrogen) atoms. The maximum Gasteiger partial charge on any atom is 0.407 e. The lowest BCUT2D eigenvalue weighted by Crippen LogP contribution is -2.43. The standard InChI is InChI=1S/C25H24N2O5/c1-15-13-26-23(31-2)12-16(15)11-22(24(28)29)27-25(30)32-14-21-19-9-5-3-7-17(19)18-8-4-6-10-20(18)21/h3-10,12-13,21-22H,11,14H2,1-2H3,(H,27,30)(H,28,29)/t22-/m0/s1. The summed E-state index contributed by atoms with van der Waals surface area (Å²) in [5.74, 6) is -0.854. The molecule has 1 aliphatic rings. The number of pyridine rings is 1. The van der Waals surface area contributed by atoms with Crippen molar-refractivity contribution in [2.24, 2.45) is 0 Å². The molecule has 4 rings (SSSR count). The first-order valence-corrected chi connectivity index (χ1v) is 10.3. The second kappa shape index (κ2) is 9.09. The van der Waals surface area contributed by atoms with Crippen LogP contribution in [0.1, 0.15) is 28.2 Å². The highest BCUT2D eigenvalue weighted by Crippen LogP contribution is 2.44. The van der Waals surface area contributed by atoms with Gasteiger partial charge in [-0.3, -0.25) is 0 Å². The van der Waals surface area contributed by atoms with Gasteiger partial charge in [-0.15, -0.1) is 0 Å². The predicted molar refractivity (Wildman–Crippen MR) is 119 cm³/mol. The van der Waals surface area contributed by atoms with E-state index in [2.05, 4.69) is 22.4 Å². The fourth-order valence-electron chi connectivity index (χ4n) is 4.08. The van der Waals surface area contributed by atoms with Gasteiger partial charge >= 0.3 is 12.1 Å². The van der Waals surface area contributed by atoms with Crippen molar-refractivity contribution in [1.29, 1.82) is 0 Å². The van der Waals surface area contributed by atoms with E-state index in [4.69, 9.17) is 9.47 Å². The topological polar surface area (TPSA) is 97.8 Å². The molecule has 1 aliphatic carbocycles. The Hall–Kier alpha value is -3.87. The van der Waals surface area contributed by atoms with Crippen LogP contribution >= 0.6 is 0 Å². The first-order valence-electron chi connectivity index (χ1n) is 10.3. The molecule has 0 fully saturated rings. The smallest absolute Gasteiger partial charge is 0.407 e. The number of rotatable bonds is 7. The van der Waals surface area contributed by atoms with Crippen molar-refractivity contribution in [3.63, 3.8) is 0 Å². The normalized spacial score (nSPS) is 13.1. The molecule has 1 aromatic heterocycles. The summed E-state index contributed by atoms with van der Waals surface area (Å²) in [6, 6.07) is 16.6. The number of ether oxygens (including phenoxy) is 2. The van der Waals surface area contributed by atoms with Gasteiger partial charge in [0.25, 0.3) is 0 Å². The Morgan fingerprint density at radius 3 is 2.31 bits per heavy atom. The number of alkyl carbamates (subject to hydrolysis) is 1. The molecule has 2 aromatic carbocycles. The zero-order chi connectivity index (χ0) is 22.7. The number of methoxy groups -OCH3 is 1. The Kier molecular flexibility index (Phi) is 6.07. The minimum atomic E-state index is -1.14. The maximum atomic E-state index is 12.5. The number of aryl methyl sites for hydroxylation is 1. The lowest BCUT2D eigenvalue weighted by Gasteiger charge is -2.18. The number of fused-ring (bicyclic) bond motifs is 3. The zero-order valence-corrected chi connectivity index (χ0v) is 17.9. The monoisotopic (exact) mass is 432 g/mol. The third-order valence-corrected chi connectivity index (χ3v) is 5.76. The van der Waals surface area contributed by atoms with Crippen molar-refractivity contribution in [3.05, 3.63) is 83.0 Å². The largest absolute Gasteiger partial charge is 0.481 e. The van der Waals surface area contributed by atoms with Gasteiger partial charge < -0.3 is 19.9 Å². The number of amides is 1. The number of hydrogen-bond donors (Lipinski definition) is 2. The van der Waals surface area contributed by atoms with Gasteiger partial charge in [-0.25, -0.2) is 14.6 Å². The van der Waals surface area contributed by atoms with E-state index in [9.17, 15) is 14.7 Å². The van der Waals surface area contributed by atoms with E-state index in [-0.39, 0.29) is 18.9 Å². The number of carbonyl (C=O) groups excluding carboxylic acids is 1. The highest BCUT2D eigenvalue weighted by molar-refractivity contribution is 5.81. The van der Waals surface area contributed by atoms with Crippen molar-refractivity contribution in [2.75, 3.05) is 13.7 Å². The van der Waals surface area contributed by atoms with Crippen molar-refractivity contribution in [2.45, 2.75) is 25.3 Å². The van der Waals surface area contributed by atoms with Crippen LogP contribution in [0.5, 0.6) is 5.88 Å². The van der Waals surface area contributed by atoms with Crippen LogP contribution in [0.3, 0.4) is 0 Å². The SMILES string of the molecule is COc1cc(C[C@H](NC(=O)OCC2c3ccccc3-c3ccccc32)C(=O)O)c(C)cn1. The van der Waals surface area contributed by atoms with Gasteiger partial charge in [0, 0.05) is 24.6 Å². The number of benzene rings is 2. The van der Waals surface area contributed by atoms with Gasteiger partial charge in [0.1, 0.15) is 12.6 Å². The van der Waals surface area contributed by atoms with Gasteiger partial charge in [0.2, 0.25) is 5.88 Å². The van der Waals surface area contributed by atoms with E-state index in [1.165, 1.54) is 7.11 Å². The number of nitrogens with zero attached hydrogens (tertiary/aromatic N) is 1. The Balaban J connectivity index is 1.44. The van der Waals surface area contributed by atoms with Crippen LogP contribution in [0.4, 0.5) is 4.79 Å². The van der Waals surface area contributed by atoms with Crippen LogP contribution in [0.15, 0.2) is 60.8 Å². The molecule has 2 N–H and O–H groups in total. The Bertz CT molecular complexity index is 1120. The fraction of sp³-hybridized carbons (Fsp3) is 0.240. The summed E-state index contributed by atoms with van der Waals surface area (Å²) >= 11 is 0. The average molecular weight is 432 g/mol. The van der Waals surface area contributed by atoms with Crippen molar-refractivity contribution in [1.82, 2.24) is 10.3 Å². The Morgan fingerprint density at radius 1 is 1.09 bits per heavy atom. The van der Waals surface area contributed by atoms with Gasteiger partial charge in [-0.1, -0.05) is 48.5 Å². The molecular weight excluding hydrogens is 408 g/mol. The van der Waals surface area contributed by atoms with Gasteiger partial charge in [-0.05, 0) is 40.3 Å². The molecule has 0 spiro atoms. The minimum Gasteiger partial charge on any atom is -0.481 e. The van der Waals surface area contributed by atoms with E-state index >= 15 is 0 Å². The van der Waals surface area contributed by atoms with Crippen molar-refractivity contribution < 1.29 is 24.2 Å². The van der Waals surface area contributed by atoms with Gasteiger partial charge in [0.05, 0.1) is 7.11 Å². The second-order valence-corrected chi connectivity index (χ2v) is 7.72. The van der Waals surface area contributed by atoms with E-state index in [1.807, 2.05) is 43.3 Å². The zero-order valence-electron chi connectivity index (χ0n) is 17.9. The number of nitrogens with one attached hydrogen (secondary N) is 1. The van der Waals surface area contributed by atoms with Crippen LogP contribution in [0.2, 0.25) is 0 Å². The molecule has 0 radical (unpaired) electrons. The van der Waals surface area contributed by atoms with Crippen LogP contribution in [-0.2, 0) is 16.0 Å². The molecule has 0 saturated carbocycles. The quantitative estimate of drug-likeness (QED) is 0.587. The maximum absolute atomic E-state index is 12.5. The van der Waals surface area contributed by atoms with Crippen molar-refractivity contribution in [3.8, 4) is 17.0 Å². The third kappa shape index (κ3) is 4.27. The number of carbonyl (C=O) groups is 2. The molecule has 3 aromatic rings. The molecule has 0 unspecified atom stereocenters. The number of aromatic nitrogens is 1. The number of aliphatic carboxylic acids is 1. The van der Waals surface area contributed by atoms with Gasteiger partial charge in [-0.2, -0.15) is 0 Å². The van der Waals surface area contributed by atoms with Crippen LogP contribution in [0.25, 0.3) is 11.1 Å². The van der Waals surface area contributed by atoms with Gasteiger partial charge in [0.15, 0.2) is 0 Å². The lowest BCUT2D eigenvalue weighted by molar-refractivity contribution is -0.139. The molecule has 0 saturated heterocycles. The lowest BCUT2D eigenvalue weighted by atomic mass is 9.98. The molecule has 1 atom stereocenters. The van der Waals surface area contributed by atoms with Crippen LogP contribution < -0.4 is 10.1 Å². The summed E-state index contributed by atoms with van der Waals surface area (Å²) in [4.78, 5) is 28.4. The summed E-state index contributed by atoms with van der Waals surface area (Å²) < 4.78 is 10.6. The summed E-state index contributed by atoms with van der Waals surface area (Å²) in [6.45, 7) is 1.95. The number of carboxylic acid groups (broad SMARTS) is 1. The molecular formula is C25H24N2O5. The molecule has 0 aliphatic heterocycles. The van der Waals surface area contributed by atoms with Crippen LogP contribution in [-0.4, -0.2) is 41.9 Å². The van der Waals surface area contributed by atoms with E-state index < -0.39 is 18.1 Å². The first kappa shape index (κ1) is 21.4. The summed E-state index contributed by atoms with van der Waals surface area (Å²) in [6.07, 6.45) is 0.933. The number of hydrogen-bond acceptors (Lipinski definition) is 5. The molecule has 7 nitrogen and oxygen atoms in total. The Morgan fingerprint density at radius 2 is 1.72 bits per heavy atom. The third-order valence-electron chi connectivity index (χ3n) is 5.76. The Labute approximate surface area is 186 Å². The van der Waals surface area contributed by atoms with Crippen LogP contribution in [0, 0.1) is 6.92 Å². The van der Waals surface area contributed by atoms with E-state index in [0.29, 0.717) is 5.88 Å². The summed E-state index contributed by atoms with van der Waals surface area (Å²) in [7, 11) is 1.49. The summed E-state index contributed by atoms with van der Waals surface area (Å²) in [5.41, 5.74) is 5.98. The predicted octanol–water partition coefficient (Wildman–Crippen LogP) is 3.93. The van der Waals surface area contributed by atoms with E-state index in [0.717, 1.165) is 33.4 Å². The highest BCUT2D eigenvalue weighted by Gasteiger charge is 2.30. The molecule has 1 amide bonds. The second-order valence-electron chi connectivity index (χ2n) is 7.72. The highest BCUT2D eigenvalue weighted by atomic mass is 16.5. The molecule has 0 bridgehead atoms. The molecule has 164 valence electrons. The van der Waals surface area contributed by atoms with Crippen molar-refractivity contribution >= 4 is 12.1 Å². The minimum absolute atomic E-state index is 0.0875. The molecule has 1 heterocycles.